The Morgan fingerprint density at radius 1 is 1.57 bits per heavy atom. The van der Waals surface area contributed by atoms with E-state index in [1.807, 2.05) is 25.8 Å². The van der Waals surface area contributed by atoms with Gasteiger partial charge in [0.15, 0.2) is 0 Å². The summed E-state index contributed by atoms with van der Waals surface area (Å²) in [5, 5.41) is 8.72. The fourth-order valence-corrected chi connectivity index (χ4v) is 1.12. The molecule has 0 rings (SSSR count). The maximum absolute atomic E-state index is 8.72. The van der Waals surface area contributed by atoms with Gasteiger partial charge in [0.25, 0.3) is 0 Å². The summed E-state index contributed by atoms with van der Waals surface area (Å²) in [5.41, 5.74) is 4.93. The lowest BCUT2D eigenvalue weighted by Gasteiger charge is -2.24. The molecule has 1 unspecified atom stereocenters. The molecule has 2 N–H and O–H groups in total. The molecule has 0 aliphatic rings. The lowest BCUT2D eigenvalue weighted by atomic mass is 10.1. The highest BCUT2D eigenvalue weighted by molar-refractivity contribution is 5.02. The van der Waals surface area contributed by atoms with E-state index in [9.17, 15) is 0 Å². The maximum atomic E-state index is 8.72. The van der Waals surface area contributed by atoms with Gasteiger partial charge < -0.3 is 15.4 Å². The Kier molecular flexibility index (Phi) is 5.70. The van der Waals surface area contributed by atoms with E-state index in [0.717, 1.165) is 6.54 Å². The van der Waals surface area contributed by atoms with Gasteiger partial charge in [0.2, 0.25) is 0 Å². The molecule has 0 heterocycles. The van der Waals surface area contributed by atoms with Crippen LogP contribution in [0.1, 0.15) is 20.8 Å². The van der Waals surface area contributed by atoms with E-state index in [0.29, 0.717) is 13.2 Å². The van der Waals surface area contributed by atoms with Crippen LogP contribution in [0, 0.1) is 11.3 Å². The maximum Gasteiger partial charge on any atom is 0.114 e. The van der Waals surface area contributed by atoms with Gasteiger partial charge in [0.1, 0.15) is 5.54 Å². The molecule has 14 heavy (non-hydrogen) atoms. The van der Waals surface area contributed by atoms with Crippen molar-refractivity contribution in [3.8, 4) is 6.07 Å². The van der Waals surface area contributed by atoms with Crippen LogP contribution in [0.25, 0.3) is 0 Å². The molecule has 4 nitrogen and oxygen atoms in total. The van der Waals surface area contributed by atoms with Gasteiger partial charge in [-0.15, -0.1) is 0 Å². The molecule has 0 amide bonds. The third kappa shape index (κ3) is 6.84. The van der Waals surface area contributed by atoms with Crippen molar-refractivity contribution in [1.29, 1.82) is 5.26 Å². The second-order valence-electron chi connectivity index (χ2n) is 4.19. The van der Waals surface area contributed by atoms with Crippen LogP contribution in [0.2, 0.25) is 0 Å². The molecular weight excluding hydrogens is 178 g/mol. The zero-order valence-corrected chi connectivity index (χ0v) is 9.58. The van der Waals surface area contributed by atoms with Crippen molar-refractivity contribution in [2.45, 2.75) is 32.4 Å². The number of nitrogens with zero attached hydrogens (tertiary/aromatic N) is 2. The van der Waals surface area contributed by atoms with Crippen LogP contribution >= 0.6 is 0 Å². The predicted octanol–water partition coefficient (Wildman–Crippen LogP) is 0.584. The largest absolute Gasteiger partial charge is 0.377 e. The molecule has 0 saturated carbocycles. The van der Waals surface area contributed by atoms with E-state index in [2.05, 4.69) is 6.07 Å². The van der Waals surface area contributed by atoms with E-state index < -0.39 is 5.54 Å². The molecule has 0 aliphatic heterocycles. The molecule has 0 spiro atoms. The topological polar surface area (TPSA) is 62.3 Å². The summed E-state index contributed by atoms with van der Waals surface area (Å²) in [6.07, 6.45) is 0.253. The van der Waals surface area contributed by atoms with Gasteiger partial charge in [0, 0.05) is 13.1 Å². The molecule has 0 fully saturated rings. The third-order valence-corrected chi connectivity index (χ3v) is 1.78. The number of nitrogens with two attached hydrogens (primary N) is 1. The molecule has 0 radical (unpaired) electrons. The molecule has 0 aromatic rings. The third-order valence-electron chi connectivity index (χ3n) is 1.78. The van der Waals surface area contributed by atoms with Gasteiger partial charge in [-0.05, 0) is 27.8 Å². The normalized spacial score (nSPS) is 15.6. The van der Waals surface area contributed by atoms with Gasteiger partial charge in [-0.2, -0.15) is 5.26 Å². The molecule has 0 aromatic heterocycles. The van der Waals surface area contributed by atoms with Crippen LogP contribution in [-0.2, 0) is 4.74 Å². The van der Waals surface area contributed by atoms with Crippen molar-refractivity contribution in [2.75, 3.05) is 26.7 Å². The SMILES string of the molecule is CC(C)OCCN(C)CC(C)(N)C#N. The minimum Gasteiger partial charge on any atom is -0.377 e. The molecule has 0 bridgehead atoms. The van der Waals surface area contributed by atoms with Crippen molar-refractivity contribution in [3.05, 3.63) is 0 Å². The Morgan fingerprint density at radius 3 is 2.57 bits per heavy atom. The minimum absolute atomic E-state index is 0.253. The van der Waals surface area contributed by atoms with Gasteiger partial charge in [-0.25, -0.2) is 0 Å². The summed E-state index contributed by atoms with van der Waals surface area (Å²) in [5.74, 6) is 0. The fourth-order valence-electron chi connectivity index (χ4n) is 1.12. The Balaban J connectivity index is 3.67. The molecule has 0 saturated heterocycles. The highest BCUT2D eigenvalue weighted by atomic mass is 16.5. The first-order valence-electron chi connectivity index (χ1n) is 4.87. The zero-order valence-electron chi connectivity index (χ0n) is 9.58. The predicted molar refractivity (Wildman–Crippen MR) is 56.8 cm³/mol. The first-order chi connectivity index (χ1) is 6.37. The molecule has 4 heteroatoms. The fraction of sp³-hybridized carbons (Fsp3) is 0.900. The van der Waals surface area contributed by atoms with Crippen LogP contribution in [0.3, 0.4) is 0 Å². The monoisotopic (exact) mass is 199 g/mol. The number of hydrogen-bond acceptors (Lipinski definition) is 4. The highest BCUT2D eigenvalue weighted by Gasteiger charge is 2.19. The number of nitriles is 1. The first kappa shape index (κ1) is 13.4. The zero-order chi connectivity index (χ0) is 11.2. The lowest BCUT2D eigenvalue weighted by molar-refractivity contribution is 0.0620. The average molecular weight is 199 g/mol. The van der Waals surface area contributed by atoms with E-state index >= 15 is 0 Å². The smallest absolute Gasteiger partial charge is 0.114 e. The molecule has 0 aromatic carbocycles. The standard InChI is InChI=1S/C10H21N3O/c1-9(2)14-6-5-13(4)8-10(3,12)7-11/h9H,5-6,8,12H2,1-4H3. The number of ether oxygens (including phenoxy) is 1. The Bertz CT molecular complexity index is 196. The molecular formula is C10H21N3O. The second kappa shape index (κ2) is 5.97. The average Bonchev–Trinajstić information content (AvgIpc) is 2.02. The number of likely N-dealkylation sites (N-methyl/N-ethyl adjacent to an activating group) is 1. The molecule has 0 aliphatic carbocycles. The summed E-state index contributed by atoms with van der Waals surface area (Å²) in [6, 6.07) is 2.07. The Hall–Kier alpha value is -0.630. The second-order valence-corrected chi connectivity index (χ2v) is 4.19. The van der Waals surface area contributed by atoms with Crippen LogP contribution in [0.4, 0.5) is 0 Å². The lowest BCUT2D eigenvalue weighted by Crippen LogP contribution is -2.46. The number of hydrogen-bond donors (Lipinski definition) is 1. The molecule has 1 atom stereocenters. The Labute approximate surface area is 86.6 Å². The number of rotatable bonds is 6. The van der Waals surface area contributed by atoms with Crippen LogP contribution in [0.5, 0.6) is 0 Å². The Morgan fingerprint density at radius 2 is 2.14 bits per heavy atom. The van der Waals surface area contributed by atoms with Crippen LogP contribution < -0.4 is 5.73 Å². The summed E-state index contributed by atoms with van der Waals surface area (Å²) >= 11 is 0. The minimum atomic E-state index is -0.771. The summed E-state index contributed by atoms with van der Waals surface area (Å²) < 4.78 is 5.40. The van der Waals surface area contributed by atoms with Crippen molar-refractivity contribution >= 4 is 0 Å². The van der Waals surface area contributed by atoms with E-state index in [1.165, 1.54) is 0 Å². The first-order valence-corrected chi connectivity index (χ1v) is 4.87. The van der Waals surface area contributed by atoms with Gasteiger partial charge in [-0.3, -0.25) is 0 Å². The van der Waals surface area contributed by atoms with E-state index in [1.54, 1.807) is 6.92 Å². The quantitative estimate of drug-likeness (QED) is 0.680. The van der Waals surface area contributed by atoms with E-state index in [-0.39, 0.29) is 6.10 Å². The van der Waals surface area contributed by atoms with Crippen LogP contribution in [0.15, 0.2) is 0 Å². The van der Waals surface area contributed by atoms with Crippen molar-refractivity contribution < 1.29 is 4.74 Å². The van der Waals surface area contributed by atoms with Crippen molar-refractivity contribution in [2.24, 2.45) is 5.73 Å². The molecule has 82 valence electrons. The van der Waals surface area contributed by atoms with Gasteiger partial charge in [0.05, 0.1) is 18.8 Å². The summed E-state index contributed by atoms with van der Waals surface area (Å²) in [7, 11) is 1.94. The van der Waals surface area contributed by atoms with E-state index in [4.69, 9.17) is 15.7 Å². The summed E-state index contributed by atoms with van der Waals surface area (Å²) in [6.45, 7) is 7.77. The van der Waals surface area contributed by atoms with Gasteiger partial charge in [-0.1, -0.05) is 0 Å². The summed E-state index contributed by atoms with van der Waals surface area (Å²) in [4.78, 5) is 2.01. The van der Waals surface area contributed by atoms with Gasteiger partial charge >= 0.3 is 0 Å². The highest BCUT2D eigenvalue weighted by Crippen LogP contribution is 1.99. The van der Waals surface area contributed by atoms with Crippen LogP contribution in [-0.4, -0.2) is 43.3 Å². The van der Waals surface area contributed by atoms with Crippen molar-refractivity contribution in [3.63, 3.8) is 0 Å². The van der Waals surface area contributed by atoms with Crippen molar-refractivity contribution in [1.82, 2.24) is 4.90 Å².